The van der Waals surface area contributed by atoms with Crippen molar-refractivity contribution in [1.82, 2.24) is 4.98 Å². The van der Waals surface area contributed by atoms with Crippen LogP contribution in [0.15, 0.2) is 6.20 Å². The molecule has 0 amide bonds. The highest BCUT2D eigenvalue weighted by atomic mass is 35.5. The summed E-state index contributed by atoms with van der Waals surface area (Å²) in [6, 6.07) is 1.42. The lowest BCUT2D eigenvalue weighted by atomic mass is 10.0. The van der Waals surface area contributed by atoms with Gasteiger partial charge in [0, 0.05) is 17.6 Å². The van der Waals surface area contributed by atoms with E-state index >= 15 is 0 Å². The van der Waals surface area contributed by atoms with Crippen LogP contribution in [0.5, 0.6) is 0 Å². The summed E-state index contributed by atoms with van der Waals surface area (Å²) in [5, 5.41) is 17.5. The molecular formula is C9H5ClF2N2O2. The number of nitrogens with zero attached hydrogens (tertiary/aromatic N) is 2. The molecule has 16 heavy (non-hydrogen) atoms. The Balaban J connectivity index is 3.58. The minimum Gasteiger partial charge on any atom is -0.478 e. The maximum Gasteiger partial charge on any atom is 0.337 e. The molecule has 0 fully saturated rings. The Morgan fingerprint density at radius 3 is 2.69 bits per heavy atom. The van der Waals surface area contributed by atoms with Gasteiger partial charge in [-0.25, -0.2) is 13.6 Å². The third-order valence-corrected chi connectivity index (χ3v) is 2.15. The molecule has 0 atom stereocenters. The molecule has 1 N–H and O–H groups in total. The van der Waals surface area contributed by atoms with Crippen LogP contribution in [0.1, 0.15) is 33.6 Å². The van der Waals surface area contributed by atoms with Crippen LogP contribution in [0.25, 0.3) is 0 Å². The van der Waals surface area contributed by atoms with Gasteiger partial charge in [0.1, 0.15) is 11.8 Å². The minimum atomic E-state index is -3.00. The van der Waals surface area contributed by atoms with Crippen molar-refractivity contribution in [3.8, 4) is 6.07 Å². The summed E-state index contributed by atoms with van der Waals surface area (Å²) in [4.78, 5) is 14.2. The molecule has 84 valence electrons. The van der Waals surface area contributed by atoms with Crippen LogP contribution in [0.4, 0.5) is 8.78 Å². The fourth-order valence-corrected chi connectivity index (χ4v) is 1.39. The molecule has 4 nitrogen and oxygen atoms in total. The van der Waals surface area contributed by atoms with Gasteiger partial charge in [0.2, 0.25) is 0 Å². The van der Waals surface area contributed by atoms with E-state index in [9.17, 15) is 13.6 Å². The van der Waals surface area contributed by atoms with Gasteiger partial charge >= 0.3 is 5.97 Å². The number of carbonyl (C=O) groups is 1. The number of aromatic nitrogens is 1. The maximum atomic E-state index is 12.5. The number of carboxylic acids is 1. The first kappa shape index (κ1) is 12.3. The van der Waals surface area contributed by atoms with E-state index in [4.69, 9.17) is 22.0 Å². The fourth-order valence-electron chi connectivity index (χ4n) is 1.19. The zero-order chi connectivity index (χ0) is 12.3. The van der Waals surface area contributed by atoms with Crippen LogP contribution < -0.4 is 0 Å². The predicted octanol–water partition coefficient (Wildman–Crippen LogP) is 2.33. The van der Waals surface area contributed by atoms with Crippen molar-refractivity contribution < 1.29 is 18.7 Å². The Morgan fingerprint density at radius 1 is 1.69 bits per heavy atom. The molecule has 1 heterocycles. The molecule has 0 aliphatic rings. The van der Waals surface area contributed by atoms with Crippen molar-refractivity contribution in [1.29, 1.82) is 5.26 Å². The first-order valence-electron chi connectivity index (χ1n) is 4.02. The van der Waals surface area contributed by atoms with Crippen LogP contribution in [0, 0.1) is 11.3 Å². The van der Waals surface area contributed by atoms with Crippen molar-refractivity contribution in [2.75, 3.05) is 0 Å². The van der Waals surface area contributed by atoms with Crippen LogP contribution in [-0.4, -0.2) is 16.1 Å². The number of hydrogen-bond acceptors (Lipinski definition) is 3. The summed E-state index contributed by atoms with van der Waals surface area (Å²) in [6.45, 7) is 0. The minimum absolute atomic E-state index is 0.0371. The molecule has 0 saturated heterocycles. The first-order chi connectivity index (χ1) is 7.52. The molecule has 7 heteroatoms. The molecule has 0 aliphatic heterocycles. The molecule has 1 rings (SSSR count). The van der Waals surface area contributed by atoms with E-state index in [2.05, 4.69) is 4.98 Å². The summed E-state index contributed by atoms with van der Waals surface area (Å²) in [7, 11) is 0. The number of carboxylic acid groups (broad SMARTS) is 1. The van der Waals surface area contributed by atoms with Crippen LogP contribution >= 0.6 is 11.6 Å². The number of rotatable bonds is 3. The molecule has 1 aromatic rings. The fraction of sp³-hybridized carbons (Fsp3) is 0.222. The third kappa shape index (κ3) is 2.09. The summed E-state index contributed by atoms with van der Waals surface area (Å²) < 4.78 is 24.9. The quantitative estimate of drug-likeness (QED) is 0.831. The number of alkyl halides is 3. The van der Waals surface area contributed by atoms with Gasteiger partial charge in [-0.2, -0.15) is 5.26 Å². The summed E-state index contributed by atoms with van der Waals surface area (Å²) in [6.07, 6.45) is -2.06. The van der Waals surface area contributed by atoms with E-state index in [1.807, 2.05) is 0 Å². The molecule has 1 aromatic heterocycles. The first-order valence-corrected chi connectivity index (χ1v) is 4.55. The summed E-state index contributed by atoms with van der Waals surface area (Å²) in [5.41, 5.74) is -1.95. The molecule has 0 aromatic carbocycles. The highest BCUT2D eigenvalue weighted by Gasteiger charge is 2.24. The lowest BCUT2D eigenvalue weighted by Crippen LogP contribution is -2.10. The molecular weight excluding hydrogens is 242 g/mol. The summed E-state index contributed by atoms with van der Waals surface area (Å²) >= 11 is 5.44. The van der Waals surface area contributed by atoms with Crippen LogP contribution in [0.2, 0.25) is 0 Å². The highest BCUT2D eigenvalue weighted by molar-refractivity contribution is 6.17. The van der Waals surface area contributed by atoms with Crippen molar-refractivity contribution in [2.24, 2.45) is 0 Å². The maximum absolute atomic E-state index is 12.5. The predicted molar refractivity (Wildman–Crippen MR) is 50.4 cm³/mol. The zero-order valence-corrected chi connectivity index (χ0v) is 8.50. The second-order valence-electron chi connectivity index (χ2n) is 2.77. The Labute approximate surface area is 94.1 Å². The molecule has 0 unspecified atom stereocenters. The summed E-state index contributed by atoms with van der Waals surface area (Å²) in [5.74, 6) is -1.69. The van der Waals surface area contributed by atoms with E-state index in [-0.39, 0.29) is 11.4 Å². The Hall–Kier alpha value is -1.74. The topological polar surface area (TPSA) is 74.0 Å². The average Bonchev–Trinajstić information content (AvgIpc) is 2.26. The second-order valence-corrected chi connectivity index (χ2v) is 3.04. The van der Waals surface area contributed by atoms with Gasteiger partial charge in [0.05, 0.1) is 11.1 Å². The molecule has 0 saturated carbocycles. The number of hydrogen-bond donors (Lipinski definition) is 1. The monoisotopic (exact) mass is 246 g/mol. The van der Waals surface area contributed by atoms with Gasteiger partial charge in [0.15, 0.2) is 0 Å². The number of halogens is 3. The Kier molecular flexibility index (Phi) is 3.74. The zero-order valence-electron chi connectivity index (χ0n) is 7.75. The highest BCUT2D eigenvalue weighted by Crippen LogP contribution is 2.25. The van der Waals surface area contributed by atoms with E-state index in [1.54, 1.807) is 0 Å². The molecule has 0 spiro atoms. The van der Waals surface area contributed by atoms with Gasteiger partial charge in [-0.3, -0.25) is 4.98 Å². The lowest BCUT2D eigenvalue weighted by molar-refractivity contribution is 0.0694. The van der Waals surface area contributed by atoms with Crippen molar-refractivity contribution in [3.05, 3.63) is 28.6 Å². The van der Waals surface area contributed by atoms with Crippen LogP contribution in [-0.2, 0) is 5.88 Å². The van der Waals surface area contributed by atoms with Gasteiger partial charge in [0.25, 0.3) is 6.43 Å². The van der Waals surface area contributed by atoms with Gasteiger partial charge in [-0.15, -0.1) is 11.6 Å². The third-order valence-electron chi connectivity index (χ3n) is 1.86. The lowest BCUT2D eigenvalue weighted by Gasteiger charge is -2.08. The average molecular weight is 247 g/mol. The second kappa shape index (κ2) is 4.86. The smallest absolute Gasteiger partial charge is 0.337 e. The molecule has 0 bridgehead atoms. The van der Waals surface area contributed by atoms with Crippen molar-refractivity contribution >= 4 is 17.6 Å². The van der Waals surface area contributed by atoms with E-state index in [1.165, 1.54) is 6.07 Å². The van der Waals surface area contributed by atoms with Gasteiger partial charge < -0.3 is 5.11 Å². The standard InChI is InChI=1S/C9H5ClF2N2O2/c10-1-4-3-14-7(8(11)12)5(2-13)6(4)9(15)16/h3,8H,1H2,(H,15,16). The molecule has 0 radical (unpaired) electrons. The van der Waals surface area contributed by atoms with E-state index in [0.717, 1.165) is 6.20 Å². The normalized spacial score (nSPS) is 10.2. The number of pyridine rings is 1. The Bertz CT molecular complexity index is 471. The van der Waals surface area contributed by atoms with Crippen LogP contribution in [0.3, 0.4) is 0 Å². The number of nitriles is 1. The van der Waals surface area contributed by atoms with Gasteiger partial charge in [-0.05, 0) is 0 Å². The Morgan fingerprint density at radius 2 is 2.31 bits per heavy atom. The molecule has 0 aliphatic carbocycles. The SMILES string of the molecule is N#Cc1c(C(F)F)ncc(CCl)c1C(=O)O. The largest absolute Gasteiger partial charge is 0.478 e. The van der Waals surface area contributed by atoms with Crippen molar-refractivity contribution in [2.45, 2.75) is 12.3 Å². The van der Waals surface area contributed by atoms with E-state index < -0.39 is 29.2 Å². The van der Waals surface area contributed by atoms with Crippen molar-refractivity contribution in [3.63, 3.8) is 0 Å². The number of aromatic carboxylic acids is 1. The van der Waals surface area contributed by atoms with Gasteiger partial charge in [-0.1, -0.05) is 0 Å². The van der Waals surface area contributed by atoms with E-state index in [0.29, 0.717) is 0 Å².